The number of amides is 4. The lowest BCUT2D eigenvalue weighted by Gasteiger charge is -2.44. The first-order chi connectivity index (χ1) is 28.3. The highest BCUT2D eigenvalue weighted by Gasteiger charge is 2.52. The van der Waals surface area contributed by atoms with Gasteiger partial charge in [0.2, 0.25) is 17.7 Å². The van der Waals surface area contributed by atoms with E-state index in [9.17, 15) is 42.0 Å². The molecule has 60 heavy (non-hydrogen) atoms. The highest BCUT2D eigenvalue weighted by molar-refractivity contribution is 7.81. The summed E-state index contributed by atoms with van der Waals surface area (Å²) in [6, 6.07) is 13.5. The molecule has 2 unspecified atom stereocenters. The molecule has 0 bridgehead atoms. The quantitative estimate of drug-likeness (QED) is 0.101. The third-order valence-corrected chi connectivity index (χ3v) is 11.6. The topological polar surface area (TPSA) is 150 Å². The van der Waals surface area contributed by atoms with Crippen LogP contribution in [0, 0.1) is 17.1 Å². The number of benzene rings is 3. The highest BCUT2D eigenvalue weighted by atomic mass is 32.1. The van der Waals surface area contributed by atoms with Crippen molar-refractivity contribution in [1.82, 2.24) is 15.1 Å². The van der Waals surface area contributed by atoms with Crippen molar-refractivity contribution in [2.24, 2.45) is 0 Å². The number of nitrogens with one attached hydrogen (secondary N) is 3. The number of piperidine rings is 1. The van der Waals surface area contributed by atoms with Gasteiger partial charge in [-0.3, -0.25) is 39.2 Å². The summed E-state index contributed by atoms with van der Waals surface area (Å²) in [6.45, 7) is 11.8. The van der Waals surface area contributed by atoms with Crippen molar-refractivity contribution in [3.05, 3.63) is 77.1 Å². The lowest BCUT2D eigenvalue weighted by molar-refractivity contribution is -0.138. The predicted octanol–water partition coefficient (Wildman–Crippen LogP) is 5.75. The zero-order valence-corrected chi connectivity index (χ0v) is 34.8. The second-order valence-corrected chi connectivity index (χ2v) is 16.3. The fourth-order valence-electron chi connectivity index (χ4n) is 8.15. The Kier molecular flexibility index (Phi) is 13.0. The number of halogens is 4. The first-order valence-corrected chi connectivity index (χ1v) is 20.2. The molecule has 3 N–H and O–H groups in total. The monoisotopic (exact) mass is 852 g/mol. The van der Waals surface area contributed by atoms with Crippen molar-refractivity contribution in [3.8, 4) is 11.8 Å². The molecule has 3 saturated heterocycles. The van der Waals surface area contributed by atoms with Crippen molar-refractivity contribution in [3.63, 3.8) is 0 Å². The fourth-order valence-corrected chi connectivity index (χ4v) is 8.81. The van der Waals surface area contributed by atoms with Crippen LogP contribution in [0.5, 0.6) is 5.75 Å². The predicted molar refractivity (Wildman–Crippen MR) is 221 cm³/mol. The minimum Gasteiger partial charge on any atom is -0.492 e. The second kappa shape index (κ2) is 17.7. The maximum atomic E-state index is 14.5. The number of alkyl halides is 3. The molecule has 0 aliphatic carbocycles. The molecule has 3 aliphatic heterocycles. The summed E-state index contributed by atoms with van der Waals surface area (Å²) >= 11 is 4.72. The molecule has 3 aromatic rings. The average molecular weight is 853 g/mol. The first-order valence-electron chi connectivity index (χ1n) is 19.7. The summed E-state index contributed by atoms with van der Waals surface area (Å²) in [5.41, 5.74) is -1.78. The molecule has 3 aliphatic rings. The molecular formula is C42H48F4N8O5S. The smallest absolute Gasteiger partial charge is 0.417 e. The number of anilines is 4. The van der Waals surface area contributed by atoms with Crippen molar-refractivity contribution < 1.29 is 41.5 Å². The van der Waals surface area contributed by atoms with Crippen LogP contribution in [0.1, 0.15) is 64.2 Å². The molecule has 6 rings (SSSR count). The van der Waals surface area contributed by atoms with Gasteiger partial charge in [-0.15, -0.1) is 12.6 Å². The van der Waals surface area contributed by atoms with Crippen LogP contribution in [0.2, 0.25) is 0 Å². The van der Waals surface area contributed by atoms with Crippen LogP contribution in [-0.4, -0.2) is 95.4 Å². The summed E-state index contributed by atoms with van der Waals surface area (Å²) < 4.78 is 62.2. The molecule has 3 heterocycles. The van der Waals surface area contributed by atoms with Gasteiger partial charge in [0.05, 0.1) is 23.7 Å². The van der Waals surface area contributed by atoms with Crippen LogP contribution in [0.4, 0.5) is 40.3 Å². The maximum Gasteiger partial charge on any atom is 0.417 e. The average Bonchev–Trinajstić information content (AvgIpc) is 3.35. The van der Waals surface area contributed by atoms with Gasteiger partial charge in [-0.25, -0.2) is 4.39 Å². The molecule has 3 aromatic carbocycles. The molecule has 13 nitrogen and oxygen atoms in total. The Morgan fingerprint density at radius 3 is 2.35 bits per heavy atom. The summed E-state index contributed by atoms with van der Waals surface area (Å²) in [6.07, 6.45) is -3.75. The van der Waals surface area contributed by atoms with Crippen LogP contribution < -0.4 is 30.5 Å². The van der Waals surface area contributed by atoms with Gasteiger partial charge in [-0.2, -0.15) is 18.4 Å². The van der Waals surface area contributed by atoms with Crippen LogP contribution in [0.15, 0.2) is 54.6 Å². The van der Waals surface area contributed by atoms with Crippen molar-refractivity contribution in [1.29, 1.82) is 5.26 Å². The normalized spacial score (nSPS) is 22.4. The van der Waals surface area contributed by atoms with Crippen molar-refractivity contribution in [2.45, 2.75) is 89.2 Å². The van der Waals surface area contributed by atoms with Gasteiger partial charge in [0.25, 0.3) is 5.91 Å². The molecule has 0 spiro atoms. The van der Waals surface area contributed by atoms with Gasteiger partial charge in [-0.05, 0) is 101 Å². The molecule has 320 valence electrons. The molecule has 4 amide bonds. The van der Waals surface area contributed by atoms with Gasteiger partial charge >= 0.3 is 6.18 Å². The maximum absolute atomic E-state index is 14.5. The van der Waals surface area contributed by atoms with E-state index in [2.05, 4.69) is 25.8 Å². The number of ether oxygens (including phenoxy) is 1. The number of nitrogens with zero attached hydrogens (tertiary/aromatic N) is 5. The minimum absolute atomic E-state index is 0.00634. The number of piperazine rings is 1. The largest absolute Gasteiger partial charge is 0.492 e. The lowest BCUT2D eigenvalue weighted by atomic mass is 10.0. The van der Waals surface area contributed by atoms with E-state index in [-0.39, 0.29) is 54.7 Å². The van der Waals surface area contributed by atoms with E-state index in [1.54, 1.807) is 36.9 Å². The van der Waals surface area contributed by atoms with Crippen LogP contribution >= 0.6 is 12.6 Å². The van der Waals surface area contributed by atoms with E-state index in [1.807, 2.05) is 32.9 Å². The molecule has 0 aromatic heterocycles. The number of aryl methyl sites for hydroxylation is 1. The number of rotatable bonds is 12. The zero-order chi connectivity index (χ0) is 43.7. The van der Waals surface area contributed by atoms with Crippen molar-refractivity contribution in [2.75, 3.05) is 53.2 Å². The number of imide groups is 1. The summed E-state index contributed by atoms with van der Waals surface area (Å²) in [5, 5.41) is 17.2. The molecular weight excluding hydrogens is 805 g/mol. The third-order valence-electron chi connectivity index (χ3n) is 11.1. The number of nitriles is 1. The van der Waals surface area contributed by atoms with Crippen LogP contribution in [-0.2, 0) is 31.8 Å². The lowest BCUT2D eigenvalue weighted by Crippen LogP contribution is -2.58. The van der Waals surface area contributed by atoms with E-state index in [1.165, 1.54) is 23.1 Å². The SMILES string of the molecule is CCc1cc(N2C(S)N(c3ccc(C#N)c(C(F)(F)F)c3)C(=O)C2(C)C)ccc1OCCN1C[C@@H](C)N(CC(=O)Nc2cc(F)cc(NC3CCC(=O)NC3=O)c2)[C@@H](C)C1. The Labute approximate surface area is 351 Å². The molecule has 3 fully saturated rings. The van der Waals surface area contributed by atoms with Gasteiger partial charge in [0, 0.05) is 60.9 Å². The Hall–Kier alpha value is -5.38. The van der Waals surface area contributed by atoms with Gasteiger partial charge in [-0.1, -0.05) is 6.92 Å². The van der Waals surface area contributed by atoms with E-state index < -0.39 is 52.0 Å². The molecule has 0 saturated carbocycles. The Morgan fingerprint density at radius 2 is 1.70 bits per heavy atom. The standard InChI is InChI=1S/C42H48F4N8O5S/c1-6-26-15-32(54-40(60)53(39(58)41(54,4)5)31-8-7-27(20-47)33(19-31)42(44,45)46)9-11-35(26)59-14-13-51-21-24(2)52(25(3)22-51)23-37(56)49-30-17-28(43)16-29(18-30)48-34-10-12-36(55)50-38(34)57/h7-9,11,15-19,24-25,34,40,48,60H,6,10,12-14,21-23H2,1-5H3,(H,49,56)(H,50,55,57)/t24-,25+,34?,40?. The Bertz CT molecular complexity index is 2190. The minimum atomic E-state index is -4.79. The fraction of sp³-hybridized carbons (Fsp3) is 0.452. The molecule has 0 radical (unpaired) electrons. The van der Waals surface area contributed by atoms with Crippen molar-refractivity contribution >= 4 is 59.0 Å². The summed E-state index contributed by atoms with van der Waals surface area (Å²) in [4.78, 5) is 57.8. The van der Waals surface area contributed by atoms with Crippen LogP contribution in [0.3, 0.4) is 0 Å². The van der Waals surface area contributed by atoms with E-state index in [4.69, 9.17) is 17.4 Å². The third kappa shape index (κ3) is 9.48. The molecule has 4 atom stereocenters. The van der Waals surface area contributed by atoms with E-state index >= 15 is 0 Å². The van der Waals surface area contributed by atoms with Crippen LogP contribution in [0.25, 0.3) is 0 Å². The Morgan fingerprint density at radius 1 is 1.02 bits per heavy atom. The van der Waals surface area contributed by atoms with Gasteiger partial charge < -0.3 is 20.3 Å². The van der Waals surface area contributed by atoms with E-state index in [0.717, 1.165) is 17.7 Å². The summed E-state index contributed by atoms with van der Waals surface area (Å²) in [7, 11) is 0. The van der Waals surface area contributed by atoms with E-state index in [0.29, 0.717) is 49.8 Å². The summed E-state index contributed by atoms with van der Waals surface area (Å²) in [5.74, 6) is -1.56. The number of carbonyl (C=O) groups is 4. The Balaban J connectivity index is 1.04. The number of carbonyl (C=O) groups excluding carboxylic acids is 4. The number of hydrogen-bond acceptors (Lipinski definition) is 11. The highest BCUT2D eigenvalue weighted by Crippen LogP contribution is 2.43. The van der Waals surface area contributed by atoms with Gasteiger partial charge in [0.15, 0.2) is 5.50 Å². The second-order valence-electron chi connectivity index (χ2n) is 15.8. The molecule has 18 heteroatoms. The number of thiol groups is 1. The zero-order valence-electron chi connectivity index (χ0n) is 33.9. The number of hydrogen-bond donors (Lipinski definition) is 4. The first kappa shape index (κ1) is 44.2. The van der Waals surface area contributed by atoms with Gasteiger partial charge in [0.1, 0.15) is 29.8 Å².